The van der Waals surface area contributed by atoms with E-state index < -0.39 is 10.0 Å². The van der Waals surface area contributed by atoms with Crippen molar-refractivity contribution in [2.24, 2.45) is 0 Å². The number of sulfonamides is 1. The zero-order chi connectivity index (χ0) is 17.9. The second-order valence-electron chi connectivity index (χ2n) is 5.92. The summed E-state index contributed by atoms with van der Waals surface area (Å²) in [5.41, 5.74) is 0. The molecule has 1 aromatic carbocycles. The number of ether oxygens (including phenoxy) is 1. The predicted molar refractivity (Wildman–Crippen MR) is 93.6 cm³/mol. The van der Waals surface area contributed by atoms with Crippen molar-refractivity contribution in [1.82, 2.24) is 14.2 Å². The lowest BCUT2D eigenvalue weighted by molar-refractivity contribution is -0.131. The van der Waals surface area contributed by atoms with Gasteiger partial charge < -0.3 is 9.64 Å². The van der Waals surface area contributed by atoms with E-state index in [0.29, 0.717) is 38.0 Å². The summed E-state index contributed by atoms with van der Waals surface area (Å²) in [5.74, 6) is -0.194. The number of hydrogen-bond acceptors (Lipinski definition) is 5. The number of rotatable bonds is 5. The van der Waals surface area contributed by atoms with Crippen molar-refractivity contribution in [3.63, 3.8) is 0 Å². The molecule has 134 valence electrons. The van der Waals surface area contributed by atoms with Gasteiger partial charge in [-0.15, -0.1) is 0 Å². The summed E-state index contributed by atoms with van der Waals surface area (Å²) in [4.78, 5) is 18.3. The van der Waals surface area contributed by atoms with Crippen LogP contribution in [0.3, 0.4) is 0 Å². The first-order valence-corrected chi connectivity index (χ1v) is 9.57. The van der Waals surface area contributed by atoms with Crippen molar-refractivity contribution in [3.05, 3.63) is 36.7 Å². The highest BCUT2D eigenvalue weighted by atomic mass is 32.2. The van der Waals surface area contributed by atoms with E-state index in [2.05, 4.69) is 4.98 Å². The molecule has 1 aromatic heterocycles. The number of aromatic nitrogens is 1. The maximum absolute atomic E-state index is 13.1. The van der Waals surface area contributed by atoms with Gasteiger partial charge >= 0.3 is 0 Å². The van der Waals surface area contributed by atoms with Crippen LogP contribution in [-0.2, 0) is 19.6 Å². The van der Waals surface area contributed by atoms with E-state index in [1.165, 1.54) is 4.31 Å². The number of carbonyl (C=O) groups is 1. The fourth-order valence-corrected chi connectivity index (χ4v) is 4.63. The molecule has 1 aliphatic heterocycles. The molecule has 1 saturated heterocycles. The summed E-state index contributed by atoms with van der Waals surface area (Å²) in [6, 6.07) is 6.78. The molecule has 3 rings (SSSR count). The van der Waals surface area contributed by atoms with Crippen molar-refractivity contribution in [1.29, 1.82) is 0 Å². The molecule has 0 spiro atoms. The highest BCUT2D eigenvalue weighted by Gasteiger charge is 2.31. The first-order chi connectivity index (χ1) is 12.0. The van der Waals surface area contributed by atoms with Crippen LogP contribution in [0.25, 0.3) is 10.8 Å². The van der Waals surface area contributed by atoms with Crippen molar-refractivity contribution in [2.75, 3.05) is 39.9 Å². The number of carbonyl (C=O) groups excluding carboxylic acids is 1. The van der Waals surface area contributed by atoms with Crippen molar-refractivity contribution in [3.8, 4) is 0 Å². The zero-order valence-corrected chi connectivity index (χ0v) is 14.9. The number of benzene rings is 1. The van der Waals surface area contributed by atoms with E-state index in [9.17, 15) is 13.2 Å². The molecule has 1 fully saturated rings. The van der Waals surface area contributed by atoms with E-state index in [1.54, 1.807) is 42.6 Å². The van der Waals surface area contributed by atoms with Crippen LogP contribution >= 0.6 is 0 Å². The Bertz CT molecular complexity index is 864. The Morgan fingerprint density at radius 3 is 2.88 bits per heavy atom. The number of hydrogen-bond donors (Lipinski definition) is 0. The van der Waals surface area contributed by atoms with Gasteiger partial charge in [-0.1, -0.05) is 12.1 Å². The average Bonchev–Trinajstić information content (AvgIpc) is 2.81. The van der Waals surface area contributed by atoms with Gasteiger partial charge in [0.05, 0.1) is 18.0 Å². The summed E-state index contributed by atoms with van der Waals surface area (Å²) in [6.07, 6.45) is 3.80. The van der Waals surface area contributed by atoms with Crippen molar-refractivity contribution in [2.45, 2.75) is 11.3 Å². The van der Waals surface area contributed by atoms with Crippen LogP contribution in [0.5, 0.6) is 0 Å². The Morgan fingerprint density at radius 2 is 2.08 bits per heavy atom. The molecule has 2 aromatic rings. The van der Waals surface area contributed by atoms with Crippen LogP contribution in [0.15, 0.2) is 41.6 Å². The third-order valence-electron chi connectivity index (χ3n) is 4.32. The molecule has 0 bridgehead atoms. The summed E-state index contributed by atoms with van der Waals surface area (Å²) in [5, 5.41) is 1.37. The maximum Gasteiger partial charge on any atom is 0.244 e. The minimum atomic E-state index is -3.76. The van der Waals surface area contributed by atoms with Crippen molar-refractivity contribution < 1.29 is 17.9 Å². The monoisotopic (exact) mass is 363 g/mol. The number of pyridine rings is 1. The van der Waals surface area contributed by atoms with Gasteiger partial charge in [0.15, 0.2) is 0 Å². The second kappa shape index (κ2) is 7.47. The fourth-order valence-electron chi connectivity index (χ4n) is 2.99. The topological polar surface area (TPSA) is 79.8 Å². The first-order valence-electron chi connectivity index (χ1n) is 8.13. The molecule has 1 amide bonds. The number of fused-ring (bicyclic) bond motifs is 1. The molecule has 0 aliphatic carbocycles. The predicted octanol–water partition coefficient (Wildman–Crippen LogP) is 1.10. The number of amides is 1. The van der Waals surface area contributed by atoms with Gasteiger partial charge in [0.25, 0.3) is 0 Å². The molecule has 7 nitrogen and oxygen atoms in total. The zero-order valence-electron chi connectivity index (χ0n) is 14.1. The molecule has 25 heavy (non-hydrogen) atoms. The van der Waals surface area contributed by atoms with Gasteiger partial charge in [-0.25, -0.2) is 8.42 Å². The molecular formula is C17H21N3O4S. The number of nitrogens with zero attached hydrogens (tertiary/aromatic N) is 3. The molecule has 0 saturated carbocycles. The fraction of sp³-hybridized carbons (Fsp3) is 0.412. The lowest BCUT2D eigenvalue weighted by Gasteiger charge is -2.22. The van der Waals surface area contributed by atoms with Crippen LogP contribution < -0.4 is 0 Å². The van der Waals surface area contributed by atoms with Crippen LogP contribution in [-0.4, -0.2) is 68.4 Å². The Labute approximate surface area is 147 Å². The largest absolute Gasteiger partial charge is 0.383 e. The van der Waals surface area contributed by atoms with Gasteiger partial charge in [-0.2, -0.15) is 4.31 Å². The standard InChI is InChI=1S/C17H21N3O4S/c1-24-11-10-19-8-3-9-20(13-17(19)21)25(22,23)16-5-2-4-14-12-18-7-6-15(14)16/h2,4-7,12H,3,8-11,13H2,1H3. The molecule has 0 N–H and O–H groups in total. The average molecular weight is 363 g/mol. The summed E-state index contributed by atoms with van der Waals surface area (Å²) in [6.45, 7) is 1.62. The third-order valence-corrected chi connectivity index (χ3v) is 6.23. The van der Waals surface area contributed by atoms with E-state index in [4.69, 9.17) is 4.74 Å². The number of methoxy groups -OCH3 is 1. The van der Waals surface area contributed by atoms with Gasteiger partial charge in [0.2, 0.25) is 15.9 Å². The van der Waals surface area contributed by atoms with Gasteiger partial charge in [-0.05, 0) is 18.6 Å². The Morgan fingerprint density at radius 1 is 1.24 bits per heavy atom. The minimum absolute atomic E-state index is 0.145. The highest BCUT2D eigenvalue weighted by molar-refractivity contribution is 7.89. The smallest absolute Gasteiger partial charge is 0.244 e. The second-order valence-corrected chi connectivity index (χ2v) is 7.83. The molecule has 0 unspecified atom stereocenters. The first kappa shape index (κ1) is 17.8. The Kier molecular flexibility index (Phi) is 5.31. The van der Waals surface area contributed by atoms with E-state index in [-0.39, 0.29) is 17.3 Å². The van der Waals surface area contributed by atoms with Crippen LogP contribution in [0.2, 0.25) is 0 Å². The van der Waals surface area contributed by atoms with Gasteiger partial charge in [-0.3, -0.25) is 9.78 Å². The Balaban J connectivity index is 1.90. The minimum Gasteiger partial charge on any atom is -0.383 e. The quantitative estimate of drug-likeness (QED) is 0.795. The highest BCUT2D eigenvalue weighted by Crippen LogP contribution is 2.26. The SMILES string of the molecule is COCCN1CCCN(S(=O)(=O)c2cccc3cnccc23)CC1=O. The van der Waals surface area contributed by atoms with Gasteiger partial charge in [0, 0.05) is 49.9 Å². The molecule has 8 heteroatoms. The van der Waals surface area contributed by atoms with E-state index in [0.717, 1.165) is 5.39 Å². The summed E-state index contributed by atoms with van der Waals surface area (Å²) < 4.78 is 32.5. The van der Waals surface area contributed by atoms with E-state index >= 15 is 0 Å². The summed E-state index contributed by atoms with van der Waals surface area (Å²) >= 11 is 0. The molecule has 1 aliphatic rings. The maximum atomic E-state index is 13.1. The molecule has 2 heterocycles. The lowest BCUT2D eigenvalue weighted by Crippen LogP contribution is -2.40. The molecule has 0 atom stereocenters. The lowest BCUT2D eigenvalue weighted by atomic mass is 10.2. The van der Waals surface area contributed by atoms with Gasteiger partial charge in [0.1, 0.15) is 0 Å². The molecular weight excluding hydrogens is 342 g/mol. The van der Waals surface area contributed by atoms with Crippen molar-refractivity contribution >= 4 is 26.7 Å². The van der Waals surface area contributed by atoms with Crippen LogP contribution in [0, 0.1) is 0 Å². The molecule has 0 radical (unpaired) electrons. The van der Waals surface area contributed by atoms with E-state index in [1.807, 2.05) is 6.07 Å². The normalized spacial score (nSPS) is 17.0. The van der Waals surface area contributed by atoms with Crippen LogP contribution in [0.1, 0.15) is 6.42 Å². The summed E-state index contributed by atoms with van der Waals surface area (Å²) in [7, 11) is -2.18. The Hall–Kier alpha value is -2.03. The third kappa shape index (κ3) is 3.65. The van der Waals surface area contributed by atoms with Crippen LogP contribution in [0.4, 0.5) is 0 Å².